The summed E-state index contributed by atoms with van der Waals surface area (Å²) in [5, 5.41) is 6.23. The van der Waals surface area contributed by atoms with Gasteiger partial charge in [0.1, 0.15) is 0 Å². The number of unbranched alkanes of at least 4 members (excludes halogenated alkanes) is 5. The van der Waals surface area contributed by atoms with Crippen molar-refractivity contribution in [2.45, 2.75) is 64.7 Å². The van der Waals surface area contributed by atoms with Gasteiger partial charge in [0, 0.05) is 42.7 Å². The molecule has 0 aliphatic rings. The Kier molecular flexibility index (Phi) is 9.19. The summed E-state index contributed by atoms with van der Waals surface area (Å²) < 4.78 is 0. The molecule has 0 bridgehead atoms. The molecule has 1 N–H and O–H groups in total. The van der Waals surface area contributed by atoms with E-state index in [1.807, 2.05) is 12.1 Å². The standard InChI is InChI=1S/C20H29N3OS/c1-2-3-4-5-6-7-9-19(24)22-13-8-10-20-23-18(16-25-20)17-11-14-21-15-12-17/h11-12,14-16H,2-10,13H2,1H3,(H,22,24). The summed E-state index contributed by atoms with van der Waals surface area (Å²) in [7, 11) is 0. The number of pyridine rings is 1. The molecule has 0 aromatic carbocycles. The van der Waals surface area contributed by atoms with Crippen molar-refractivity contribution in [3.8, 4) is 11.3 Å². The third-order valence-corrected chi connectivity index (χ3v) is 5.08. The first-order valence-electron chi connectivity index (χ1n) is 9.41. The van der Waals surface area contributed by atoms with Crippen LogP contribution >= 0.6 is 11.3 Å². The molecule has 2 rings (SSSR count). The summed E-state index contributed by atoms with van der Waals surface area (Å²) in [4.78, 5) is 20.5. The average Bonchev–Trinajstić information content (AvgIpc) is 3.11. The van der Waals surface area contributed by atoms with Gasteiger partial charge in [0.05, 0.1) is 10.7 Å². The molecule has 4 nitrogen and oxygen atoms in total. The fourth-order valence-electron chi connectivity index (χ4n) is 2.70. The molecule has 0 aliphatic carbocycles. The van der Waals surface area contributed by atoms with Crippen molar-refractivity contribution in [1.82, 2.24) is 15.3 Å². The first kappa shape index (κ1) is 19.6. The van der Waals surface area contributed by atoms with Gasteiger partial charge in [-0.25, -0.2) is 4.98 Å². The van der Waals surface area contributed by atoms with Crippen LogP contribution in [0.5, 0.6) is 0 Å². The molecular formula is C20H29N3OS. The summed E-state index contributed by atoms with van der Waals surface area (Å²) in [6, 6.07) is 3.95. The van der Waals surface area contributed by atoms with E-state index in [9.17, 15) is 4.79 Å². The van der Waals surface area contributed by atoms with Crippen LogP contribution in [0.4, 0.5) is 0 Å². The van der Waals surface area contributed by atoms with Gasteiger partial charge in [-0.1, -0.05) is 39.0 Å². The van der Waals surface area contributed by atoms with Gasteiger partial charge in [-0.15, -0.1) is 11.3 Å². The Balaban J connectivity index is 1.56. The summed E-state index contributed by atoms with van der Waals surface area (Å²) in [5.41, 5.74) is 2.11. The number of hydrogen-bond acceptors (Lipinski definition) is 4. The van der Waals surface area contributed by atoms with E-state index in [2.05, 4.69) is 27.6 Å². The van der Waals surface area contributed by atoms with E-state index >= 15 is 0 Å². The van der Waals surface area contributed by atoms with Crippen molar-refractivity contribution in [3.63, 3.8) is 0 Å². The number of carbonyl (C=O) groups excluding carboxylic acids is 1. The average molecular weight is 360 g/mol. The molecule has 2 heterocycles. The second kappa shape index (κ2) is 11.7. The minimum absolute atomic E-state index is 0.187. The molecule has 0 saturated carbocycles. The topological polar surface area (TPSA) is 54.9 Å². The van der Waals surface area contributed by atoms with Crippen LogP contribution in [0, 0.1) is 0 Å². The summed E-state index contributed by atoms with van der Waals surface area (Å²) in [5.74, 6) is 0.187. The van der Waals surface area contributed by atoms with Crippen LogP contribution in [0.2, 0.25) is 0 Å². The highest BCUT2D eigenvalue weighted by molar-refractivity contribution is 7.09. The van der Waals surface area contributed by atoms with Crippen molar-refractivity contribution in [2.24, 2.45) is 0 Å². The monoisotopic (exact) mass is 359 g/mol. The molecule has 0 aliphatic heterocycles. The Morgan fingerprint density at radius 2 is 1.84 bits per heavy atom. The highest BCUT2D eigenvalue weighted by atomic mass is 32.1. The molecule has 0 spiro atoms. The van der Waals surface area contributed by atoms with Gasteiger partial charge in [-0.05, 0) is 25.0 Å². The molecule has 0 unspecified atom stereocenters. The Morgan fingerprint density at radius 1 is 1.08 bits per heavy atom. The number of hydrogen-bond donors (Lipinski definition) is 1. The molecule has 0 saturated heterocycles. The summed E-state index contributed by atoms with van der Waals surface area (Å²) in [6.07, 6.45) is 13.4. The number of thiazole rings is 1. The van der Waals surface area contributed by atoms with E-state index in [0.29, 0.717) is 6.42 Å². The largest absolute Gasteiger partial charge is 0.356 e. The van der Waals surface area contributed by atoms with Crippen molar-refractivity contribution in [3.05, 3.63) is 34.9 Å². The number of aromatic nitrogens is 2. The van der Waals surface area contributed by atoms with E-state index in [4.69, 9.17) is 0 Å². The number of rotatable bonds is 12. The maximum atomic E-state index is 11.8. The molecular weight excluding hydrogens is 330 g/mol. The minimum atomic E-state index is 0.187. The lowest BCUT2D eigenvalue weighted by Gasteiger charge is -2.04. The maximum absolute atomic E-state index is 11.8. The van der Waals surface area contributed by atoms with Crippen molar-refractivity contribution >= 4 is 17.2 Å². The quantitative estimate of drug-likeness (QED) is 0.542. The van der Waals surface area contributed by atoms with Crippen molar-refractivity contribution in [2.75, 3.05) is 6.54 Å². The van der Waals surface area contributed by atoms with Gasteiger partial charge >= 0.3 is 0 Å². The summed E-state index contributed by atoms with van der Waals surface area (Å²) in [6.45, 7) is 2.96. The lowest BCUT2D eigenvalue weighted by Crippen LogP contribution is -2.24. The molecule has 0 atom stereocenters. The van der Waals surface area contributed by atoms with Gasteiger partial charge < -0.3 is 5.32 Å². The predicted molar refractivity (Wildman–Crippen MR) is 105 cm³/mol. The smallest absolute Gasteiger partial charge is 0.219 e. The molecule has 2 aromatic rings. The fraction of sp³-hybridized carbons (Fsp3) is 0.550. The van der Waals surface area contributed by atoms with Crippen LogP contribution in [0.1, 0.15) is 63.3 Å². The van der Waals surface area contributed by atoms with E-state index in [0.717, 1.165) is 42.1 Å². The minimum Gasteiger partial charge on any atom is -0.356 e. The zero-order valence-corrected chi connectivity index (χ0v) is 16.0. The Bertz CT molecular complexity index is 612. The summed E-state index contributed by atoms with van der Waals surface area (Å²) >= 11 is 1.68. The molecule has 0 fully saturated rings. The van der Waals surface area contributed by atoms with Crippen LogP contribution in [0.25, 0.3) is 11.3 Å². The Morgan fingerprint density at radius 3 is 2.64 bits per heavy atom. The van der Waals surface area contributed by atoms with Gasteiger partial charge in [0.25, 0.3) is 0 Å². The first-order valence-corrected chi connectivity index (χ1v) is 10.3. The normalized spacial score (nSPS) is 10.8. The zero-order chi connectivity index (χ0) is 17.7. The van der Waals surface area contributed by atoms with E-state index in [1.54, 1.807) is 23.7 Å². The highest BCUT2D eigenvalue weighted by Crippen LogP contribution is 2.21. The Labute approximate surface area is 155 Å². The van der Waals surface area contributed by atoms with Crippen molar-refractivity contribution < 1.29 is 4.79 Å². The van der Waals surface area contributed by atoms with Crippen LogP contribution in [0.3, 0.4) is 0 Å². The molecule has 1 amide bonds. The third-order valence-electron chi connectivity index (χ3n) is 4.17. The highest BCUT2D eigenvalue weighted by Gasteiger charge is 2.05. The SMILES string of the molecule is CCCCCCCCC(=O)NCCCc1nc(-c2ccncc2)cs1. The maximum Gasteiger partial charge on any atom is 0.219 e. The first-order chi connectivity index (χ1) is 12.3. The van der Waals surface area contributed by atoms with Crippen LogP contribution in [0.15, 0.2) is 29.9 Å². The molecule has 136 valence electrons. The zero-order valence-electron chi connectivity index (χ0n) is 15.2. The third kappa shape index (κ3) is 7.78. The lowest BCUT2D eigenvalue weighted by molar-refractivity contribution is -0.121. The second-order valence-corrected chi connectivity index (χ2v) is 7.28. The molecule has 25 heavy (non-hydrogen) atoms. The predicted octanol–water partition coefficient (Wildman–Crippen LogP) is 5.00. The van der Waals surface area contributed by atoms with Crippen molar-refractivity contribution in [1.29, 1.82) is 0 Å². The number of carbonyl (C=O) groups is 1. The Hall–Kier alpha value is -1.75. The van der Waals surface area contributed by atoms with Gasteiger partial charge in [0.15, 0.2) is 0 Å². The van der Waals surface area contributed by atoms with E-state index in [-0.39, 0.29) is 5.91 Å². The molecule has 2 aromatic heterocycles. The number of nitrogens with one attached hydrogen (secondary N) is 1. The van der Waals surface area contributed by atoms with Crippen LogP contribution < -0.4 is 5.32 Å². The van der Waals surface area contributed by atoms with E-state index in [1.165, 1.54) is 32.1 Å². The van der Waals surface area contributed by atoms with Gasteiger partial charge in [0.2, 0.25) is 5.91 Å². The van der Waals surface area contributed by atoms with Crippen LogP contribution in [-0.4, -0.2) is 22.4 Å². The van der Waals surface area contributed by atoms with Gasteiger partial charge in [-0.2, -0.15) is 0 Å². The lowest BCUT2D eigenvalue weighted by atomic mass is 10.1. The fourth-order valence-corrected chi connectivity index (χ4v) is 3.55. The number of amides is 1. The van der Waals surface area contributed by atoms with Gasteiger partial charge in [-0.3, -0.25) is 9.78 Å². The van der Waals surface area contributed by atoms with Crippen LogP contribution in [-0.2, 0) is 11.2 Å². The number of nitrogens with zero attached hydrogens (tertiary/aromatic N) is 2. The second-order valence-electron chi connectivity index (χ2n) is 6.33. The number of aryl methyl sites for hydroxylation is 1. The van der Waals surface area contributed by atoms with E-state index < -0.39 is 0 Å². The molecule has 5 heteroatoms. The molecule has 0 radical (unpaired) electrons.